The number of nitrogens with one attached hydrogen (secondary N) is 1. The highest BCUT2D eigenvalue weighted by molar-refractivity contribution is 7.88. The molecule has 3 rings (SSSR count). The number of sulfonamides is 1. The van der Waals surface area contributed by atoms with Gasteiger partial charge in [-0.15, -0.1) is 5.10 Å². The van der Waals surface area contributed by atoms with Crippen LogP contribution in [0.4, 0.5) is 0 Å². The Labute approximate surface area is 152 Å². The lowest BCUT2D eigenvalue weighted by molar-refractivity contribution is 0.0919. The summed E-state index contributed by atoms with van der Waals surface area (Å²) in [4.78, 5) is 8.72. The summed E-state index contributed by atoms with van der Waals surface area (Å²) >= 11 is 0. The quantitative estimate of drug-likeness (QED) is 0.741. The lowest BCUT2D eigenvalue weighted by Crippen LogP contribution is -2.46. The molecule has 1 aliphatic carbocycles. The van der Waals surface area contributed by atoms with E-state index in [9.17, 15) is 13.5 Å². The van der Waals surface area contributed by atoms with Crippen molar-refractivity contribution in [2.75, 3.05) is 13.4 Å². The van der Waals surface area contributed by atoms with Gasteiger partial charge in [-0.3, -0.25) is 4.98 Å². The number of aliphatic hydroxyl groups excluding tert-OH is 1. The largest absolute Gasteiger partial charge is 0.391 e. The van der Waals surface area contributed by atoms with Crippen molar-refractivity contribution in [2.24, 2.45) is 0 Å². The number of ether oxygens (including phenoxy) is 1. The molecule has 142 valence electrons. The van der Waals surface area contributed by atoms with E-state index in [1.807, 2.05) is 12.1 Å². The first kappa shape index (κ1) is 18.9. The van der Waals surface area contributed by atoms with Gasteiger partial charge >= 0.3 is 0 Å². The molecule has 2 N–H and O–H groups in total. The summed E-state index contributed by atoms with van der Waals surface area (Å²) in [6, 6.07) is 3.15. The first-order valence-electron chi connectivity index (χ1n) is 8.38. The zero-order valence-corrected chi connectivity index (χ0v) is 15.6. The molecule has 1 aliphatic rings. The third kappa shape index (κ3) is 4.44. The third-order valence-corrected chi connectivity index (χ3v) is 5.12. The molecule has 10 heteroatoms. The molecule has 2 aromatic rings. The second-order valence-electron chi connectivity index (χ2n) is 6.52. The minimum absolute atomic E-state index is 0.0454. The Morgan fingerprint density at radius 3 is 2.88 bits per heavy atom. The van der Waals surface area contributed by atoms with Crippen molar-refractivity contribution < 1.29 is 18.3 Å². The van der Waals surface area contributed by atoms with E-state index in [0.29, 0.717) is 25.1 Å². The van der Waals surface area contributed by atoms with Gasteiger partial charge in [0.2, 0.25) is 10.0 Å². The standard InChI is InChI=1S/C16H23N5O4S/c1-25-10-15-18-16(21(19-15)12-4-3-7-17-9-12)11-5-6-14(22)13(8-11)20-26(2,23)24/h3-4,7,9,11,13-14,20,22H,5-6,8,10H2,1-2H3/t11-,13+,14+/m0/s1. The Kier molecular flexibility index (Phi) is 5.66. The zero-order chi connectivity index (χ0) is 18.7. The minimum atomic E-state index is -3.41. The lowest BCUT2D eigenvalue weighted by atomic mass is 9.83. The Morgan fingerprint density at radius 2 is 2.23 bits per heavy atom. The molecule has 1 saturated carbocycles. The van der Waals surface area contributed by atoms with Crippen molar-refractivity contribution in [2.45, 2.75) is 43.9 Å². The summed E-state index contributed by atoms with van der Waals surface area (Å²) < 4.78 is 32.6. The van der Waals surface area contributed by atoms with E-state index < -0.39 is 22.2 Å². The fourth-order valence-corrected chi connectivity index (χ4v) is 4.09. The van der Waals surface area contributed by atoms with E-state index in [4.69, 9.17) is 4.74 Å². The SMILES string of the molecule is COCc1nc([C@H]2CC[C@@H](O)[C@H](NS(C)(=O)=O)C2)n(-c2cccnc2)n1. The second kappa shape index (κ2) is 7.78. The van der Waals surface area contributed by atoms with Gasteiger partial charge in [0.25, 0.3) is 0 Å². The van der Waals surface area contributed by atoms with Crippen LogP contribution >= 0.6 is 0 Å². The van der Waals surface area contributed by atoms with Crippen molar-refractivity contribution in [3.63, 3.8) is 0 Å². The van der Waals surface area contributed by atoms with Gasteiger partial charge in [-0.1, -0.05) is 0 Å². The summed E-state index contributed by atoms with van der Waals surface area (Å²) in [6.45, 7) is 0.278. The van der Waals surface area contributed by atoms with Gasteiger partial charge in [-0.2, -0.15) is 0 Å². The summed E-state index contributed by atoms with van der Waals surface area (Å²) in [7, 11) is -1.83. The number of hydrogen-bond donors (Lipinski definition) is 2. The number of nitrogens with zero attached hydrogens (tertiary/aromatic N) is 4. The summed E-state index contributed by atoms with van der Waals surface area (Å²) in [5.41, 5.74) is 0.774. The molecule has 2 aromatic heterocycles. The number of aromatic nitrogens is 4. The van der Waals surface area contributed by atoms with Crippen LogP contribution in [0, 0.1) is 0 Å². The van der Waals surface area contributed by atoms with Crippen LogP contribution in [0.1, 0.15) is 36.8 Å². The number of hydrogen-bond acceptors (Lipinski definition) is 7. The molecule has 0 spiro atoms. The van der Waals surface area contributed by atoms with Crippen molar-refractivity contribution in [1.82, 2.24) is 24.5 Å². The maximum Gasteiger partial charge on any atom is 0.209 e. The van der Waals surface area contributed by atoms with Crippen LogP contribution < -0.4 is 4.72 Å². The van der Waals surface area contributed by atoms with Gasteiger partial charge in [0.15, 0.2) is 5.82 Å². The number of aliphatic hydroxyl groups is 1. The predicted octanol–water partition coefficient (Wildman–Crippen LogP) is 0.355. The minimum Gasteiger partial charge on any atom is -0.391 e. The molecule has 2 heterocycles. The van der Waals surface area contributed by atoms with Gasteiger partial charge in [-0.25, -0.2) is 22.8 Å². The Hall–Kier alpha value is -1.88. The van der Waals surface area contributed by atoms with E-state index >= 15 is 0 Å². The molecule has 0 unspecified atom stereocenters. The zero-order valence-electron chi connectivity index (χ0n) is 14.7. The highest BCUT2D eigenvalue weighted by Gasteiger charge is 2.34. The van der Waals surface area contributed by atoms with Crippen LogP contribution in [0.15, 0.2) is 24.5 Å². The molecular formula is C16H23N5O4S. The second-order valence-corrected chi connectivity index (χ2v) is 8.30. The van der Waals surface area contributed by atoms with Gasteiger partial charge in [0.05, 0.1) is 24.2 Å². The number of pyridine rings is 1. The average molecular weight is 381 g/mol. The summed E-state index contributed by atoms with van der Waals surface area (Å²) in [5, 5.41) is 14.7. The van der Waals surface area contributed by atoms with Gasteiger partial charge in [-0.05, 0) is 31.4 Å². The molecule has 1 fully saturated rings. The summed E-state index contributed by atoms with van der Waals surface area (Å²) in [5.74, 6) is 1.22. The molecular weight excluding hydrogens is 358 g/mol. The predicted molar refractivity (Wildman–Crippen MR) is 94.2 cm³/mol. The number of methoxy groups -OCH3 is 1. The van der Waals surface area contributed by atoms with E-state index in [0.717, 1.165) is 17.8 Å². The highest BCUT2D eigenvalue weighted by Crippen LogP contribution is 2.33. The molecule has 0 aliphatic heterocycles. The summed E-state index contributed by atoms with van der Waals surface area (Å²) in [6.07, 6.45) is 5.37. The monoisotopic (exact) mass is 381 g/mol. The van der Waals surface area contributed by atoms with E-state index in [1.54, 1.807) is 24.2 Å². The smallest absolute Gasteiger partial charge is 0.209 e. The molecule has 26 heavy (non-hydrogen) atoms. The molecule has 0 amide bonds. The van der Waals surface area contributed by atoms with Gasteiger partial charge in [0.1, 0.15) is 12.4 Å². The number of rotatable bonds is 6. The van der Waals surface area contributed by atoms with E-state index in [2.05, 4.69) is 19.8 Å². The Morgan fingerprint density at radius 1 is 1.42 bits per heavy atom. The Bertz CT molecular complexity index is 840. The van der Waals surface area contributed by atoms with Crippen molar-refractivity contribution in [3.05, 3.63) is 36.2 Å². The normalized spacial score (nSPS) is 23.9. The van der Waals surface area contributed by atoms with Crippen LogP contribution in [0.2, 0.25) is 0 Å². The van der Waals surface area contributed by atoms with Crippen LogP contribution in [-0.2, 0) is 21.4 Å². The van der Waals surface area contributed by atoms with Crippen LogP contribution in [0.25, 0.3) is 5.69 Å². The van der Waals surface area contributed by atoms with Crippen molar-refractivity contribution >= 4 is 10.0 Å². The fourth-order valence-electron chi connectivity index (χ4n) is 3.28. The fraction of sp³-hybridized carbons (Fsp3) is 0.562. The molecule has 0 bridgehead atoms. The lowest BCUT2D eigenvalue weighted by Gasteiger charge is -2.32. The molecule has 0 saturated heterocycles. The topological polar surface area (TPSA) is 119 Å². The van der Waals surface area contributed by atoms with Gasteiger partial charge in [0, 0.05) is 25.3 Å². The first-order valence-corrected chi connectivity index (χ1v) is 10.3. The van der Waals surface area contributed by atoms with Gasteiger partial charge < -0.3 is 9.84 Å². The van der Waals surface area contributed by atoms with Crippen molar-refractivity contribution in [1.29, 1.82) is 0 Å². The first-order chi connectivity index (χ1) is 12.4. The molecule has 0 aromatic carbocycles. The van der Waals surface area contributed by atoms with Crippen LogP contribution in [0.5, 0.6) is 0 Å². The van der Waals surface area contributed by atoms with E-state index in [1.165, 1.54) is 0 Å². The van der Waals surface area contributed by atoms with Crippen LogP contribution in [0.3, 0.4) is 0 Å². The molecule has 9 nitrogen and oxygen atoms in total. The van der Waals surface area contributed by atoms with Crippen LogP contribution in [-0.4, -0.2) is 58.8 Å². The molecule has 3 atom stereocenters. The molecule has 0 radical (unpaired) electrons. The van der Waals surface area contributed by atoms with E-state index in [-0.39, 0.29) is 12.5 Å². The maximum absolute atomic E-state index is 11.6. The average Bonchev–Trinajstić information content (AvgIpc) is 3.01. The van der Waals surface area contributed by atoms with Crippen molar-refractivity contribution in [3.8, 4) is 5.69 Å². The Balaban J connectivity index is 1.92. The maximum atomic E-state index is 11.6. The highest BCUT2D eigenvalue weighted by atomic mass is 32.2. The third-order valence-electron chi connectivity index (χ3n) is 4.38.